The summed E-state index contributed by atoms with van der Waals surface area (Å²) >= 11 is 0. The summed E-state index contributed by atoms with van der Waals surface area (Å²) in [4.78, 5) is 23.5. The van der Waals surface area contributed by atoms with E-state index in [1.54, 1.807) is 34.1 Å². The number of carboxylic acid groups (broad SMARTS) is 1. The van der Waals surface area contributed by atoms with Crippen LogP contribution in [-0.2, 0) is 9.53 Å². The zero-order valence-electron chi connectivity index (χ0n) is 16.4. The molecule has 150 valence electrons. The molecule has 1 aromatic carbocycles. The van der Waals surface area contributed by atoms with Gasteiger partial charge in [-0.25, -0.2) is 4.79 Å². The number of hydrogen-bond donors (Lipinski definition) is 2. The highest BCUT2D eigenvalue weighted by molar-refractivity contribution is 5.70. The normalized spacial score (nSPS) is 20.6. The summed E-state index contributed by atoms with van der Waals surface area (Å²) in [6.07, 6.45) is 1.90. The summed E-state index contributed by atoms with van der Waals surface area (Å²) in [6.45, 7) is 3.59. The van der Waals surface area contributed by atoms with Gasteiger partial charge in [0, 0.05) is 6.07 Å². The standard InChI is InChI=1S/C20H29NO6/c1-12(2)27-20(24)21-18(13-5-7-14(8-6-13)19(22)23)15-9-16(25-3)11-17(10-15)26-4/h9-14,18H,5-8H2,1-4H3,(H,21,24)(H,22,23). The number of methoxy groups -OCH3 is 2. The first-order valence-electron chi connectivity index (χ1n) is 9.27. The molecule has 0 spiro atoms. The van der Waals surface area contributed by atoms with Gasteiger partial charge in [0.05, 0.1) is 32.3 Å². The molecule has 1 aliphatic carbocycles. The molecule has 0 radical (unpaired) electrons. The Labute approximate surface area is 160 Å². The minimum Gasteiger partial charge on any atom is -0.497 e. The van der Waals surface area contributed by atoms with Gasteiger partial charge in [-0.3, -0.25) is 4.79 Å². The average molecular weight is 379 g/mol. The largest absolute Gasteiger partial charge is 0.497 e. The van der Waals surface area contributed by atoms with Crippen molar-refractivity contribution in [1.29, 1.82) is 0 Å². The van der Waals surface area contributed by atoms with Crippen LogP contribution in [0.25, 0.3) is 0 Å². The van der Waals surface area contributed by atoms with E-state index in [4.69, 9.17) is 14.2 Å². The molecule has 0 saturated heterocycles. The van der Waals surface area contributed by atoms with Crippen LogP contribution in [0.5, 0.6) is 11.5 Å². The predicted molar refractivity (Wildman–Crippen MR) is 100 cm³/mol. The Balaban J connectivity index is 2.27. The van der Waals surface area contributed by atoms with E-state index in [2.05, 4.69) is 5.32 Å². The summed E-state index contributed by atoms with van der Waals surface area (Å²) in [6, 6.07) is 5.20. The van der Waals surface area contributed by atoms with Crippen LogP contribution in [0.3, 0.4) is 0 Å². The van der Waals surface area contributed by atoms with Crippen LogP contribution >= 0.6 is 0 Å². The van der Waals surface area contributed by atoms with Crippen molar-refractivity contribution < 1.29 is 28.9 Å². The first-order valence-corrected chi connectivity index (χ1v) is 9.27. The molecule has 1 unspecified atom stereocenters. The van der Waals surface area contributed by atoms with E-state index in [-0.39, 0.29) is 24.0 Å². The number of carbonyl (C=O) groups is 2. The Bertz CT molecular complexity index is 630. The third-order valence-corrected chi connectivity index (χ3v) is 4.94. The molecule has 1 fully saturated rings. The molecule has 7 heteroatoms. The maximum atomic E-state index is 12.3. The molecule has 1 aliphatic rings. The van der Waals surface area contributed by atoms with E-state index in [1.807, 2.05) is 12.1 Å². The van der Waals surface area contributed by atoms with Crippen LogP contribution in [0.15, 0.2) is 18.2 Å². The summed E-state index contributed by atoms with van der Waals surface area (Å²) in [5, 5.41) is 12.2. The van der Waals surface area contributed by atoms with Gasteiger partial charge in [0.2, 0.25) is 0 Å². The molecule has 0 aliphatic heterocycles. The Morgan fingerprint density at radius 3 is 2.04 bits per heavy atom. The number of benzene rings is 1. The Kier molecular flexibility index (Phi) is 7.33. The summed E-state index contributed by atoms with van der Waals surface area (Å²) in [7, 11) is 3.15. The van der Waals surface area contributed by atoms with Crippen LogP contribution in [0.2, 0.25) is 0 Å². The van der Waals surface area contributed by atoms with Crippen LogP contribution in [0, 0.1) is 11.8 Å². The number of aliphatic carboxylic acids is 1. The number of carbonyl (C=O) groups excluding carboxylic acids is 1. The fraction of sp³-hybridized carbons (Fsp3) is 0.600. The number of nitrogens with one attached hydrogen (secondary N) is 1. The first kappa shape index (κ1) is 20.9. The predicted octanol–water partition coefficient (Wildman–Crippen LogP) is 3.77. The smallest absolute Gasteiger partial charge is 0.407 e. The van der Waals surface area contributed by atoms with Crippen LogP contribution < -0.4 is 14.8 Å². The molecule has 27 heavy (non-hydrogen) atoms. The second-order valence-corrected chi connectivity index (χ2v) is 7.17. The molecule has 0 bridgehead atoms. The Morgan fingerprint density at radius 1 is 1.04 bits per heavy atom. The molecular weight excluding hydrogens is 350 g/mol. The highest BCUT2D eigenvalue weighted by Crippen LogP contribution is 2.39. The molecule has 7 nitrogen and oxygen atoms in total. The van der Waals surface area contributed by atoms with Crippen molar-refractivity contribution >= 4 is 12.1 Å². The number of amides is 1. The van der Waals surface area contributed by atoms with Crippen LogP contribution in [0.1, 0.15) is 51.1 Å². The maximum absolute atomic E-state index is 12.3. The SMILES string of the molecule is COc1cc(OC)cc(C(NC(=O)OC(C)C)C2CCC(C(=O)O)CC2)c1. The van der Waals surface area contributed by atoms with E-state index < -0.39 is 12.1 Å². The van der Waals surface area contributed by atoms with E-state index in [1.165, 1.54) is 0 Å². The Morgan fingerprint density at radius 2 is 1.59 bits per heavy atom. The summed E-state index contributed by atoms with van der Waals surface area (Å²) in [5.74, 6) is 0.307. The van der Waals surface area contributed by atoms with Gasteiger partial charge in [0.25, 0.3) is 0 Å². The van der Waals surface area contributed by atoms with Gasteiger partial charge in [-0.15, -0.1) is 0 Å². The van der Waals surface area contributed by atoms with Gasteiger partial charge in [0.1, 0.15) is 11.5 Å². The maximum Gasteiger partial charge on any atom is 0.407 e. The topological polar surface area (TPSA) is 94.1 Å². The molecule has 1 aromatic rings. The molecule has 0 heterocycles. The quantitative estimate of drug-likeness (QED) is 0.749. The van der Waals surface area contributed by atoms with Crippen LogP contribution in [0.4, 0.5) is 4.79 Å². The lowest BCUT2D eigenvalue weighted by Gasteiger charge is -2.33. The van der Waals surface area contributed by atoms with Crippen molar-refractivity contribution in [1.82, 2.24) is 5.32 Å². The first-order chi connectivity index (χ1) is 12.8. The fourth-order valence-electron chi connectivity index (χ4n) is 3.56. The summed E-state index contributed by atoms with van der Waals surface area (Å²) < 4.78 is 16.0. The minimum atomic E-state index is -0.750. The minimum absolute atomic E-state index is 0.108. The zero-order chi connectivity index (χ0) is 20.0. The van der Waals surface area contributed by atoms with Gasteiger partial charge in [-0.05, 0) is 63.1 Å². The number of rotatable bonds is 7. The lowest BCUT2D eigenvalue weighted by molar-refractivity contribution is -0.143. The highest BCUT2D eigenvalue weighted by atomic mass is 16.6. The van der Waals surface area contributed by atoms with Gasteiger partial charge in [-0.1, -0.05) is 0 Å². The van der Waals surface area contributed by atoms with E-state index >= 15 is 0 Å². The fourth-order valence-corrected chi connectivity index (χ4v) is 3.56. The van der Waals surface area contributed by atoms with Crippen LogP contribution in [-0.4, -0.2) is 37.5 Å². The molecule has 1 atom stereocenters. The third-order valence-electron chi connectivity index (χ3n) is 4.94. The van der Waals surface area contributed by atoms with Crippen molar-refractivity contribution in [3.8, 4) is 11.5 Å². The Hall–Kier alpha value is -2.44. The van der Waals surface area contributed by atoms with Crippen molar-refractivity contribution in [3.63, 3.8) is 0 Å². The second-order valence-electron chi connectivity index (χ2n) is 7.17. The zero-order valence-corrected chi connectivity index (χ0v) is 16.4. The molecule has 0 aromatic heterocycles. The van der Waals surface area contributed by atoms with E-state index in [0.29, 0.717) is 37.2 Å². The molecule has 2 N–H and O–H groups in total. The van der Waals surface area contributed by atoms with Gasteiger partial charge < -0.3 is 24.6 Å². The average Bonchev–Trinajstić information content (AvgIpc) is 2.65. The van der Waals surface area contributed by atoms with Crippen molar-refractivity contribution in [3.05, 3.63) is 23.8 Å². The van der Waals surface area contributed by atoms with Crippen molar-refractivity contribution in [2.75, 3.05) is 14.2 Å². The lowest BCUT2D eigenvalue weighted by Crippen LogP contribution is -2.37. The number of hydrogen-bond acceptors (Lipinski definition) is 5. The third kappa shape index (κ3) is 5.77. The van der Waals surface area contributed by atoms with E-state index in [9.17, 15) is 14.7 Å². The lowest BCUT2D eigenvalue weighted by atomic mass is 9.76. The number of ether oxygens (including phenoxy) is 3. The number of alkyl carbamates (subject to hydrolysis) is 1. The van der Waals surface area contributed by atoms with Gasteiger partial charge in [-0.2, -0.15) is 0 Å². The molecule has 1 amide bonds. The molecule has 1 saturated carbocycles. The number of carboxylic acids is 1. The van der Waals surface area contributed by atoms with E-state index in [0.717, 1.165) is 5.56 Å². The van der Waals surface area contributed by atoms with Crippen molar-refractivity contribution in [2.24, 2.45) is 11.8 Å². The highest BCUT2D eigenvalue weighted by Gasteiger charge is 2.33. The molecule has 2 rings (SSSR count). The van der Waals surface area contributed by atoms with Crippen molar-refractivity contribution in [2.45, 2.75) is 51.7 Å². The second kappa shape index (κ2) is 9.48. The molecular formula is C20H29NO6. The van der Waals surface area contributed by atoms with Gasteiger partial charge >= 0.3 is 12.1 Å². The monoisotopic (exact) mass is 379 g/mol. The summed E-state index contributed by atoms with van der Waals surface area (Å²) in [5.41, 5.74) is 0.852. The van der Waals surface area contributed by atoms with Gasteiger partial charge in [0.15, 0.2) is 0 Å².